The number of nitrogens with one attached hydrogen (secondary N) is 2. The highest BCUT2D eigenvalue weighted by molar-refractivity contribution is 7.91. The van der Waals surface area contributed by atoms with Crippen LogP contribution in [0.15, 0.2) is 56.8 Å². The van der Waals surface area contributed by atoms with Crippen LogP contribution in [0, 0.1) is 0 Å². The van der Waals surface area contributed by atoms with Gasteiger partial charge < -0.3 is 0 Å². The standard InChI is InChI=1S/C18H17N3O3S2/c22-17-9-8-15(19-20-17)13-10-18(25-11-13)26(23,24)21-16-7-3-5-12-4-1-2-6-14(12)16/h1-2,4,6,8-11,16,21H,3,5,7H2,(H,20,22). The molecule has 0 fully saturated rings. The number of fused-ring (bicyclic) bond motifs is 1. The predicted octanol–water partition coefficient (Wildman–Crippen LogP) is 2.85. The van der Waals surface area contributed by atoms with Crippen LogP contribution in [0.25, 0.3) is 11.3 Å². The fourth-order valence-electron chi connectivity index (χ4n) is 3.22. The summed E-state index contributed by atoms with van der Waals surface area (Å²) in [6, 6.07) is 12.3. The minimum absolute atomic E-state index is 0.207. The number of rotatable bonds is 4. The van der Waals surface area contributed by atoms with Crippen LogP contribution >= 0.6 is 11.3 Å². The summed E-state index contributed by atoms with van der Waals surface area (Å²) in [6.45, 7) is 0. The number of aryl methyl sites for hydroxylation is 1. The molecule has 1 aliphatic carbocycles. The zero-order valence-electron chi connectivity index (χ0n) is 13.8. The third-order valence-corrected chi connectivity index (χ3v) is 7.39. The van der Waals surface area contributed by atoms with E-state index >= 15 is 0 Å². The van der Waals surface area contributed by atoms with Crippen molar-refractivity contribution in [1.29, 1.82) is 0 Å². The molecule has 2 N–H and O–H groups in total. The highest BCUT2D eigenvalue weighted by atomic mass is 32.2. The van der Waals surface area contributed by atoms with E-state index in [4.69, 9.17) is 0 Å². The van der Waals surface area contributed by atoms with Gasteiger partial charge in [-0.1, -0.05) is 24.3 Å². The normalized spacial score (nSPS) is 17.0. The average Bonchev–Trinajstić information content (AvgIpc) is 3.14. The zero-order valence-corrected chi connectivity index (χ0v) is 15.4. The number of nitrogens with zero attached hydrogens (tertiary/aromatic N) is 1. The number of thiophene rings is 1. The maximum atomic E-state index is 12.8. The molecule has 1 atom stereocenters. The molecular formula is C18H17N3O3S2. The molecule has 0 aliphatic heterocycles. The molecular weight excluding hydrogens is 370 g/mol. The van der Waals surface area contributed by atoms with E-state index in [0.29, 0.717) is 11.3 Å². The van der Waals surface area contributed by atoms with Crippen molar-refractivity contribution in [3.63, 3.8) is 0 Å². The summed E-state index contributed by atoms with van der Waals surface area (Å²) < 4.78 is 28.7. The van der Waals surface area contributed by atoms with Crippen molar-refractivity contribution in [2.75, 3.05) is 0 Å². The van der Waals surface area contributed by atoms with Gasteiger partial charge in [0.15, 0.2) is 0 Å². The number of aromatic nitrogens is 2. The van der Waals surface area contributed by atoms with E-state index in [2.05, 4.69) is 21.0 Å². The van der Waals surface area contributed by atoms with Gasteiger partial charge in [0.25, 0.3) is 15.6 Å². The summed E-state index contributed by atoms with van der Waals surface area (Å²) in [5.41, 5.74) is 3.16. The fraction of sp³-hybridized carbons (Fsp3) is 0.222. The monoisotopic (exact) mass is 387 g/mol. The highest BCUT2D eigenvalue weighted by Gasteiger charge is 2.26. The van der Waals surface area contributed by atoms with E-state index in [1.54, 1.807) is 17.5 Å². The number of aromatic amines is 1. The van der Waals surface area contributed by atoms with Gasteiger partial charge in [0.2, 0.25) is 0 Å². The van der Waals surface area contributed by atoms with Gasteiger partial charge in [0.1, 0.15) is 4.21 Å². The molecule has 26 heavy (non-hydrogen) atoms. The number of hydrogen-bond donors (Lipinski definition) is 2. The van der Waals surface area contributed by atoms with Crippen molar-refractivity contribution in [2.24, 2.45) is 0 Å². The predicted molar refractivity (Wildman–Crippen MR) is 101 cm³/mol. The molecule has 4 rings (SSSR count). The molecule has 1 aliphatic rings. The van der Waals surface area contributed by atoms with E-state index in [0.717, 1.165) is 36.2 Å². The maximum Gasteiger partial charge on any atom is 0.264 e. The van der Waals surface area contributed by atoms with Gasteiger partial charge >= 0.3 is 0 Å². The van der Waals surface area contributed by atoms with Crippen LogP contribution in [0.5, 0.6) is 0 Å². The van der Waals surface area contributed by atoms with Crippen molar-refractivity contribution >= 4 is 21.4 Å². The zero-order chi connectivity index (χ0) is 18.1. The molecule has 6 nitrogen and oxygen atoms in total. The van der Waals surface area contributed by atoms with Gasteiger partial charge in [-0.05, 0) is 42.5 Å². The largest absolute Gasteiger partial charge is 0.268 e. The summed E-state index contributed by atoms with van der Waals surface area (Å²) in [4.78, 5) is 11.1. The minimum Gasteiger partial charge on any atom is -0.268 e. The Morgan fingerprint density at radius 3 is 2.85 bits per heavy atom. The Kier molecular flexibility index (Phi) is 4.47. The third kappa shape index (κ3) is 3.35. The summed E-state index contributed by atoms with van der Waals surface area (Å²) in [7, 11) is -3.63. The van der Waals surface area contributed by atoms with Crippen molar-refractivity contribution < 1.29 is 8.42 Å². The molecule has 0 spiro atoms. The van der Waals surface area contributed by atoms with E-state index in [-0.39, 0.29) is 15.8 Å². The summed E-state index contributed by atoms with van der Waals surface area (Å²) in [5.74, 6) is 0. The van der Waals surface area contributed by atoms with Crippen LogP contribution in [0.1, 0.15) is 30.0 Å². The van der Waals surface area contributed by atoms with Crippen molar-refractivity contribution in [3.05, 3.63) is 69.3 Å². The minimum atomic E-state index is -3.63. The Balaban J connectivity index is 1.60. The van der Waals surface area contributed by atoms with Crippen LogP contribution in [0.2, 0.25) is 0 Å². The van der Waals surface area contributed by atoms with E-state index in [9.17, 15) is 13.2 Å². The van der Waals surface area contributed by atoms with Crippen molar-refractivity contribution in [3.8, 4) is 11.3 Å². The SMILES string of the molecule is O=c1ccc(-c2csc(S(=O)(=O)NC3CCCc4ccccc43)c2)n[nH]1. The molecule has 2 heterocycles. The van der Waals surface area contributed by atoms with Crippen molar-refractivity contribution in [1.82, 2.24) is 14.9 Å². The summed E-state index contributed by atoms with van der Waals surface area (Å²) >= 11 is 1.14. The van der Waals surface area contributed by atoms with Gasteiger partial charge in [-0.3, -0.25) is 4.79 Å². The van der Waals surface area contributed by atoms with E-state index in [1.807, 2.05) is 18.2 Å². The second-order valence-corrected chi connectivity index (χ2v) is 9.08. The highest BCUT2D eigenvalue weighted by Crippen LogP contribution is 2.32. The number of H-pyrrole nitrogens is 1. The number of hydrogen-bond acceptors (Lipinski definition) is 5. The molecule has 134 valence electrons. The molecule has 0 bridgehead atoms. The van der Waals surface area contributed by atoms with E-state index < -0.39 is 10.0 Å². The first-order chi connectivity index (χ1) is 12.5. The first-order valence-corrected chi connectivity index (χ1v) is 10.6. The Bertz CT molecular complexity index is 1080. The van der Waals surface area contributed by atoms with Gasteiger partial charge in [0, 0.05) is 23.1 Å². The van der Waals surface area contributed by atoms with Crippen LogP contribution in [0.3, 0.4) is 0 Å². The lowest BCUT2D eigenvalue weighted by molar-refractivity contribution is 0.508. The van der Waals surface area contributed by atoms with Crippen LogP contribution in [0.4, 0.5) is 0 Å². The van der Waals surface area contributed by atoms with Gasteiger partial charge in [-0.15, -0.1) is 11.3 Å². The Morgan fingerprint density at radius 2 is 2.04 bits per heavy atom. The lowest BCUT2D eigenvalue weighted by Gasteiger charge is -2.25. The van der Waals surface area contributed by atoms with Gasteiger partial charge in [-0.2, -0.15) is 5.10 Å². The molecule has 8 heteroatoms. The van der Waals surface area contributed by atoms with Crippen molar-refractivity contribution in [2.45, 2.75) is 29.5 Å². The topological polar surface area (TPSA) is 91.9 Å². The lowest BCUT2D eigenvalue weighted by atomic mass is 9.88. The quantitative estimate of drug-likeness (QED) is 0.720. The first-order valence-electron chi connectivity index (χ1n) is 8.28. The fourth-order valence-corrected chi connectivity index (χ4v) is 5.66. The average molecular weight is 387 g/mol. The third-order valence-electron chi connectivity index (χ3n) is 4.48. The van der Waals surface area contributed by atoms with Crippen LogP contribution < -0.4 is 10.3 Å². The number of benzene rings is 1. The van der Waals surface area contributed by atoms with Gasteiger partial charge in [0.05, 0.1) is 5.69 Å². The second kappa shape index (κ2) is 6.79. The molecule has 0 amide bonds. The molecule has 1 unspecified atom stereocenters. The summed E-state index contributed by atoms with van der Waals surface area (Å²) in [5, 5.41) is 8.03. The molecule has 3 aromatic rings. The smallest absolute Gasteiger partial charge is 0.264 e. The van der Waals surface area contributed by atoms with Crippen LogP contribution in [-0.2, 0) is 16.4 Å². The molecule has 2 aromatic heterocycles. The molecule has 1 aromatic carbocycles. The van der Waals surface area contributed by atoms with Crippen LogP contribution in [-0.4, -0.2) is 18.6 Å². The molecule has 0 saturated heterocycles. The Hall–Kier alpha value is -2.29. The Morgan fingerprint density at radius 1 is 1.19 bits per heavy atom. The summed E-state index contributed by atoms with van der Waals surface area (Å²) in [6.07, 6.45) is 2.73. The lowest BCUT2D eigenvalue weighted by Crippen LogP contribution is -2.30. The maximum absolute atomic E-state index is 12.8. The molecule has 0 radical (unpaired) electrons. The van der Waals surface area contributed by atoms with Gasteiger partial charge in [-0.25, -0.2) is 18.2 Å². The molecule has 0 saturated carbocycles. The first kappa shape index (κ1) is 17.1. The Labute approximate surface area is 155 Å². The second-order valence-electron chi connectivity index (χ2n) is 6.23. The number of sulfonamides is 1. The van der Waals surface area contributed by atoms with E-state index in [1.165, 1.54) is 11.6 Å².